The van der Waals surface area contributed by atoms with Crippen molar-refractivity contribution in [1.29, 1.82) is 0 Å². The Morgan fingerprint density at radius 2 is 1.80 bits per heavy atom. The molecule has 0 aliphatic rings. The third kappa shape index (κ3) is 8.99. The van der Waals surface area contributed by atoms with Gasteiger partial charge in [-0.25, -0.2) is 0 Å². The normalized spacial score (nSPS) is 10.7. The van der Waals surface area contributed by atoms with E-state index in [0.29, 0.717) is 13.0 Å². The minimum atomic E-state index is -0.625. The van der Waals surface area contributed by atoms with Crippen LogP contribution in [0.15, 0.2) is 0 Å². The molecule has 0 aromatic rings. The summed E-state index contributed by atoms with van der Waals surface area (Å²) in [6.45, 7) is 7.33. The molecule has 0 spiro atoms. The van der Waals surface area contributed by atoms with Gasteiger partial charge >= 0.3 is 98.8 Å². The molecule has 0 saturated carbocycles. The standard InChI is InChI=1S/C12H25AsO2/c1-4-7-8-9-12(14)15-11-10-13(5-2)6-3/h4-11H2,1-3H3. The molecular formula is C12H25AsO2. The third-order valence-electron chi connectivity index (χ3n) is 2.55. The molecule has 0 fully saturated rings. The van der Waals surface area contributed by atoms with Crippen LogP contribution in [-0.4, -0.2) is 27.2 Å². The molecule has 3 heteroatoms. The van der Waals surface area contributed by atoms with Crippen LogP contribution in [0.3, 0.4) is 0 Å². The van der Waals surface area contributed by atoms with Gasteiger partial charge in [0.15, 0.2) is 0 Å². The number of hydrogen-bond donors (Lipinski definition) is 0. The number of esters is 1. The van der Waals surface area contributed by atoms with Crippen LogP contribution in [0, 0.1) is 0 Å². The molecule has 0 aliphatic carbocycles. The molecule has 0 aromatic carbocycles. The summed E-state index contributed by atoms with van der Waals surface area (Å²) in [5, 5.41) is 3.83. The van der Waals surface area contributed by atoms with Gasteiger partial charge < -0.3 is 0 Å². The molecular weight excluding hydrogens is 251 g/mol. The Morgan fingerprint density at radius 3 is 2.33 bits per heavy atom. The average molecular weight is 276 g/mol. The average Bonchev–Trinajstić information content (AvgIpc) is 2.25. The van der Waals surface area contributed by atoms with Crippen LogP contribution >= 0.6 is 0 Å². The number of carbonyl (C=O) groups excluding carboxylic acids is 1. The molecule has 0 heterocycles. The van der Waals surface area contributed by atoms with Gasteiger partial charge in [0.05, 0.1) is 0 Å². The van der Waals surface area contributed by atoms with E-state index < -0.39 is 14.7 Å². The van der Waals surface area contributed by atoms with Crippen molar-refractivity contribution in [2.45, 2.75) is 62.1 Å². The molecule has 0 atom stereocenters. The Hall–Kier alpha value is 0.0284. The summed E-state index contributed by atoms with van der Waals surface area (Å²) in [5.74, 6) is 0.00426. The third-order valence-corrected chi connectivity index (χ3v) is 8.01. The van der Waals surface area contributed by atoms with Crippen molar-refractivity contribution in [3.8, 4) is 0 Å². The summed E-state index contributed by atoms with van der Waals surface area (Å²) in [6.07, 6.45) is 3.89. The summed E-state index contributed by atoms with van der Waals surface area (Å²) >= 11 is -0.625. The number of ether oxygens (including phenoxy) is 1. The Labute approximate surface area is 99.0 Å². The summed E-state index contributed by atoms with van der Waals surface area (Å²) < 4.78 is 5.22. The first-order valence-corrected chi connectivity index (χ1v) is 10.1. The molecule has 0 aromatic heterocycles. The van der Waals surface area contributed by atoms with E-state index in [1.807, 2.05) is 0 Å². The van der Waals surface area contributed by atoms with E-state index in [0.717, 1.165) is 19.3 Å². The van der Waals surface area contributed by atoms with E-state index in [1.165, 1.54) is 15.6 Å². The molecule has 0 saturated heterocycles. The first kappa shape index (κ1) is 15.0. The number of carbonyl (C=O) groups is 1. The maximum absolute atomic E-state index is 11.3. The van der Waals surface area contributed by atoms with E-state index in [9.17, 15) is 4.79 Å². The first-order valence-electron chi connectivity index (χ1n) is 6.12. The second-order valence-electron chi connectivity index (χ2n) is 3.70. The van der Waals surface area contributed by atoms with Crippen molar-refractivity contribution >= 4 is 20.6 Å². The Kier molecular flexibility index (Phi) is 10.6. The van der Waals surface area contributed by atoms with Gasteiger partial charge in [0.2, 0.25) is 0 Å². The molecule has 15 heavy (non-hydrogen) atoms. The van der Waals surface area contributed by atoms with Crippen LogP contribution in [0.4, 0.5) is 0 Å². The molecule has 0 amide bonds. The van der Waals surface area contributed by atoms with Crippen LogP contribution in [0.5, 0.6) is 0 Å². The summed E-state index contributed by atoms with van der Waals surface area (Å²) in [4.78, 5) is 11.3. The van der Waals surface area contributed by atoms with Gasteiger partial charge in [0, 0.05) is 0 Å². The maximum atomic E-state index is 11.3. The van der Waals surface area contributed by atoms with Crippen molar-refractivity contribution in [3.05, 3.63) is 0 Å². The predicted molar refractivity (Wildman–Crippen MR) is 66.6 cm³/mol. The molecule has 0 unspecified atom stereocenters. The Morgan fingerprint density at radius 1 is 1.13 bits per heavy atom. The second kappa shape index (κ2) is 10.5. The van der Waals surface area contributed by atoms with Gasteiger partial charge in [-0.15, -0.1) is 0 Å². The fourth-order valence-corrected chi connectivity index (χ4v) is 4.42. The van der Waals surface area contributed by atoms with Crippen molar-refractivity contribution < 1.29 is 9.53 Å². The quantitative estimate of drug-likeness (QED) is 0.365. The van der Waals surface area contributed by atoms with Gasteiger partial charge in [-0.2, -0.15) is 0 Å². The van der Waals surface area contributed by atoms with E-state index in [-0.39, 0.29) is 5.97 Å². The van der Waals surface area contributed by atoms with Crippen molar-refractivity contribution in [3.63, 3.8) is 0 Å². The number of hydrogen-bond acceptors (Lipinski definition) is 2. The monoisotopic (exact) mass is 276 g/mol. The SMILES string of the molecule is CCCCCC(=O)OCC[As](CC)CC. The topological polar surface area (TPSA) is 26.3 Å². The molecule has 90 valence electrons. The fourth-order valence-electron chi connectivity index (χ4n) is 1.42. The van der Waals surface area contributed by atoms with Crippen LogP contribution in [0.2, 0.25) is 15.6 Å². The Bertz CT molecular complexity index is 156. The van der Waals surface area contributed by atoms with Crippen molar-refractivity contribution in [1.82, 2.24) is 0 Å². The molecule has 0 rings (SSSR count). The minimum absolute atomic E-state index is 0.00426. The van der Waals surface area contributed by atoms with Crippen LogP contribution in [0.1, 0.15) is 46.5 Å². The van der Waals surface area contributed by atoms with Crippen LogP contribution < -0.4 is 0 Å². The number of rotatable bonds is 9. The Balaban J connectivity index is 3.37. The van der Waals surface area contributed by atoms with Crippen LogP contribution in [-0.2, 0) is 9.53 Å². The van der Waals surface area contributed by atoms with E-state index in [2.05, 4.69) is 20.8 Å². The first-order chi connectivity index (χ1) is 7.24. The van der Waals surface area contributed by atoms with Gasteiger partial charge in [-0.1, -0.05) is 0 Å². The summed E-state index contributed by atoms with van der Waals surface area (Å²) in [7, 11) is 0. The molecule has 0 aliphatic heterocycles. The van der Waals surface area contributed by atoms with Gasteiger partial charge in [0.1, 0.15) is 0 Å². The molecule has 0 N–H and O–H groups in total. The number of unbranched alkanes of at least 4 members (excludes halogenated alkanes) is 2. The second-order valence-corrected chi connectivity index (χ2v) is 10.1. The zero-order valence-electron chi connectivity index (χ0n) is 10.4. The molecule has 0 bridgehead atoms. The molecule has 2 nitrogen and oxygen atoms in total. The van der Waals surface area contributed by atoms with Crippen molar-refractivity contribution in [2.75, 3.05) is 6.61 Å². The van der Waals surface area contributed by atoms with Gasteiger partial charge in [-0.05, 0) is 0 Å². The van der Waals surface area contributed by atoms with Crippen LogP contribution in [0.25, 0.3) is 0 Å². The van der Waals surface area contributed by atoms with E-state index >= 15 is 0 Å². The van der Waals surface area contributed by atoms with Crippen molar-refractivity contribution in [2.24, 2.45) is 0 Å². The van der Waals surface area contributed by atoms with Gasteiger partial charge in [-0.3, -0.25) is 0 Å². The zero-order valence-corrected chi connectivity index (χ0v) is 12.3. The van der Waals surface area contributed by atoms with E-state index in [1.54, 1.807) is 0 Å². The fraction of sp³-hybridized carbons (Fsp3) is 0.917. The summed E-state index contributed by atoms with van der Waals surface area (Å²) in [6, 6.07) is 0. The zero-order chi connectivity index (χ0) is 11.5. The predicted octanol–water partition coefficient (Wildman–Crippen LogP) is 3.64. The van der Waals surface area contributed by atoms with E-state index in [4.69, 9.17) is 4.74 Å². The van der Waals surface area contributed by atoms with Gasteiger partial charge in [0.25, 0.3) is 0 Å². The molecule has 0 radical (unpaired) electrons. The summed E-state index contributed by atoms with van der Waals surface area (Å²) in [5.41, 5.74) is 0.